The van der Waals surface area contributed by atoms with Gasteiger partial charge in [0, 0.05) is 11.4 Å². The summed E-state index contributed by atoms with van der Waals surface area (Å²) in [6.07, 6.45) is 0. The van der Waals surface area contributed by atoms with Crippen molar-refractivity contribution >= 4 is 35.2 Å². The SMILES string of the molecule is O=C(COC(=O)CSc1ccccc1Cl)NCc1ccc2c(c1)OCO2. The number of hydrogen-bond acceptors (Lipinski definition) is 6. The van der Waals surface area contributed by atoms with Crippen molar-refractivity contribution < 1.29 is 23.8 Å². The van der Waals surface area contributed by atoms with E-state index in [-0.39, 0.29) is 25.1 Å². The molecule has 1 aliphatic heterocycles. The van der Waals surface area contributed by atoms with Crippen molar-refractivity contribution in [2.75, 3.05) is 19.2 Å². The zero-order valence-corrected chi connectivity index (χ0v) is 15.3. The van der Waals surface area contributed by atoms with Crippen molar-refractivity contribution in [3.63, 3.8) is 0 Å². The third-order valence-electron chi connectivity index (χ3n) is 3.47. The predicted molar refractivity (Wildman–Crippen MR) is 97.5 cm³/mol. The molecule has 6 nitrogen and oxygen atoms in total. The minimum atomic E-state index is -0.479. The van der Waals surface area contributed by atoms with Crippen LogP contribution in [0.2, 0.25) is 5.02 Å². The third kappa shape index (κ3) is 5.06. The maximum absolute atomic E-state index is 11.8. The second-order valence-corrected chi connectivity index (χ2v) is 6.77. The third-order valence-corrected chi connectivity index (χ3v) is 4.96. The molecule has 2 aromatic carbocycles. The highest BCUT2D eigenvalue weighted by Crippen LogP contribution is 2.32. The average Bonchev–Trinajstić information content (AvgIpc) is 3.12. The lowest BCUT2D eigenvalue weighted by Gasteiger charge is -2.08. The molecule has 26 heavy (non-hydrogen) atoms. The first-order valence-electron chi connectivity index (χ1n) is 7.80. The number of esters is 1. The summed E-state index contributed by atoms with van der Waals surface area (Å²) in [5.74, 6) is 0.566. The van der Waals surface area contributed by atoms with Gasteiger partial charge in [0.05, 0.1) is 10.8 Å². The van der Waals surface area contributed by atoms with Gasteiger partial charge in [0.2, 0.25) is 6.79 Å². The normalized spacial score (nSPS) is 11.9. The summed E-state index contributed by atoms with van der Waals surface area (Å²) in [5, 5.41) is 3.26. The quantitative estimate of drug-likeness (QED) is 0.575. The van der Waals surface area contributed by atoms with Gasteiger partial charge in [0.1, 0.15) is 0 Å². The molecule has 0 bridgehead atoms. The van der Waals surface area contributed by atoms with Crippen molar-refractivity contribution in [1.29, 1.82) is 0 Å². The molecule has 0 spiro atoms. The maximum atomic E-state index is 11.8. The van der Waals surface area contributed by atoms with E-state index in [9.17, 15) is 9.59 Å². The molecule has 0 aliphatic carbocycles. The molecule has 1 N–H and O–H groups in total. The number of ether oxygens (including phenoxy) is 3. The van der Waals surface area contributed by atoms with Gasteiger partial charge in [-0.3, -0.25) is 9.59 Å². The van der Waals surface area contributed by atoms with Crippen LogP contribution in [0.4, 0.5) is 0 Å². The van der Waals surface area contributed by atoms with E-state index in [0.29, 0.717) is 23.1 Å². The van der Waals surface area contributed by atoms with Crippen LogP contribution in [0.5, 0.6) is 11.5 Å². The van der Waals surface area contributed by atoms with Crippen LogP contribution >= 0.6 is 23.4 Å². The van der Waals surface area contributed by atoms with E-state index in [4.69, 9.17) is 25.8 Å². The molecule has 0 saturated heterocycles. The van der Waals surface area contributed by atoms with Crippen LogP contribution < -0.4 is 14.8 Å². The molecule has 0 aromatic heterocycles. The van der Waals surface area contributed by atoms with E-state index in [0.717, 1.165) is 10.5 Å². The second-order valence-electron chi connectivity index (χ2n) is 5.34. The zero-order valence-electron chi connectivity index (χ0n) is 13.7. The van der Waals surface area contributed by atoms with Crippen molar-refractivity contribution in [2.24, 2.45) is 0 Å². The molecule has 2 aromatic rings. The van der Waals surface area contributed by atoms with E-state index in [1.807, 2.05) is 24.3 Å². The number of benzene rings is 2. The molecule has 1 heterocycles. The first kappa shape index (κ1) is 18.4. The molecule has 136 valence electrons. The molecular formula is C18H16ClNO5S. The summed E-state index contributed by atoms with van der Waals surface area (Å²) in [6, 6.07) is 12.6. The van der Waals surface area contributed by atoms with Gasteiger partial charge in [-0.05, 0) is 29.8 Å². The highest BCUT2D eigenvalue weighted by molar-refractivity contribution is 8.00. The number of thioether (sulfide) groups is 1. The summed E-state index contributed by atoms with van der Waals surface area (Å²) in [5.41, 5.74) is 0.864. The molecule has 8 heteroatoms. The van der Waals surface area contributed by atoms with Crippen LogP contribution in [-0.2, 0) is 20.9 Å². The Bertz CT molecular complexity index is 814. The van der Waals surface area contributed by atoms with Gasteiger partial charge in [-0.2, -0.15) is 0 Å². The molecule has 0 radical (unpaired) electrons. The number of halogens is 1. The molecule has 0 unspecified atom stereocenters. The topological polar surface area (TPSA) is 73.9 Å². The standard InChI is InChI=1S/C18H16ClNO5S/c19-13-3-1-2-4-16(13)26-10-18(22)23-9-17(21)20-8-12-5-6-14-15(7-12)25-11-24-14/h1-7H,8-11H2,(H,20,21). The molecule has 0 atom stereocenters. The Morgan fingerprint density at radius 1 is 1.15 bits per heavy atom. The lowest BCUT2D eigenvalue weighted by atomic mass is 10.2. The van der Waals surface area contributed by atoms with E-state index in [1.54, 1.807) is 18.2 Å². The van der Waals surface area contributed by atoms with Gasteiger partial charge in [-0.25, -0.2) is 0 Å². The van der Waals surface area contributed by atoms with Gasteiger partial charge in [0.25, 0.3) is 5.91 Å². The van der Waals surface area contributed by atoms with Crippen molar-refractivity contribution in [1.82, 2.24) is 5.32 Å². The van der Waals surface area contributed by atoms with Gasteiger partial charge >= 0.3 is 5.97 Å². The Morgan fingerprint density at radius 2 is 1.96 bits per heavy atom. The number of rotatable bonds is 7. The molecule has 1 amide bonds. The number of fused-ring (bicyclic) bond motifs is 1. The van der Waals surface area contributed by atoms with E-state index in [1.165, 1.54) is 11.8 Å². The number of nitrogens with one attached hydrogen (secondary N) is 1. The average molecular weight is 394 g/mol. The van der Waals surface area contributed by atoms with Gasteiger partial charge in [0.15, 0.2) is 18.1 Å². The first-order valence-corrected chi connectivity index (χ1v) is 9.16. The molecule has 0 fully saturated rings. The summed E-state index contributed by atoms with van der Waals surface area (Å²) >= 11 is 7.28. The largest absolute Gasteiger partial charge is 0.455 e. The van der Waals surface area contributed by atoms with Gasteiger partial charge in [-0.15, -0.1) is 11.8 Å². The van der Waals surface area contributed by atoms with Crippen LogP contribution in [0, 0.1) is 0 Å². The molecule has 3 rings (SSSR count). The lowest BCUT2D eigenvalue weighted by Crippen LogP contribution is -2.28. The molecule has 1 aliphatic rings. The molecular weight excluding hydrogens is 378 g/mol. The number of carbonyl (C=O) groups is 2. The smallest absolute Gasteiger partial charge is 0.316 e. The van der Waals surface area contributed by atoms with E-state index in [2.05, 4.69) is 5.32 Å². The number of amides is 1. The van der Waals surface area contributed by atoms with Crippen LogP contribution in [0.25, 0.3) is 0 Å². The van der Waals surface area contributed by atoms with Crippen LogP contribution in [0.15, 0.2) is 47.4 Å². The highest BCUT2D eigenvalue weighted by Gasteiger charge is 2.14. The van der Waals surface area contributed by atoms with Crippen molar-refractivity contribution in [3.05, 3.63) is 53.1 Å². The maximum Gasteiger partial charge on any atom is 0.316 e. The minimum Gasteiger partial charge on any atom is -0.455 e. The molecule has 0 saturated carbocycles. The summed E-state index contributed by atoms with van der Waals surface area (Å²) < 4.78 is 15.5. The Kier molecular flexibility index (Phi) is 6.25. The Balaban J connectivity index is 1.37. The predicted octanol–water partition coefficient (Wildman–Crippen LogP) is 3.02. The van der Waals surface area contributed by atoms with Crippen LogP contribution in [0.1, 0.15) is 5.56 Å². The van der Waals surface area contributed by atoms with E-state index < -0.39 is 5.97 Å². The number of carbonyl (C=O) groups excluding carboxylic acids is 2. The highest BCUT2D eigenvalue weighted by atomic mass is 35.5. The second kappa shape index (κ2) is 8.82. The van der Waals surface area contributed by atoms with Crippen LogP contribution in [-0.4, -0.2) is 31.0 Å². The Hall–Kier alpha value is -2.38. The van der Waals surface area contributed by atoms with Crippen molar-refractivity contribution in [3.8, 4) is 11.5 Å². The number of hydrogen-bond donors (Lipinski definition) is 1. The fourth-order valence-electron chi connectivity index (χ4n) is 2.19. The Labute approximate surface area is 159 Å². The lowest BCUT2D eigenvalue weighted by molar-refractivity contribution is -0.145. The summed E-state index contributed by atoms with van der Waals surface area (Å²) in [6.45, 7) is 0.182. The van der Waals surface area contributed by atoms with Gasteiger partial charge in [-0.1, -0.05) is 29.8 Å². The monoisotopic (exact) mass is 393 g/mol. The first-order chi connectivity index (χ1) is 12.6. The fraction of sp³-hybridized carbons (Fsp3) is 0.222. The zero-order chi connectivity index (χ0) is 18.4. The van der Waals surface area contributed by atoms with E-state index >= 15 is 0 Å². The minimum absolute atomic E-state index is 0.0825. The Morgan fingerprint density at radius 3 is 2.81 bits per heavy atom. The fourth-order valence-corrected chi connectivity index (χ4v) is 3.23. The summed E-state index contributed by atoms with van der Waals surface area (Å²) in [4.78, 5) is 24.3. The summed E-state index contributed by atoms with van der Waals surface area (Å²) in [7, 11) is 0. The van der Waals surface area contributed by atoms with Crippen molar-refractivity contribution in [2.45, 2.75) is 11.4 Å². The van der Waals surface area contributed by atoms with Gasteiger partial charge < -0.3 is 19.5 Å². The van der Waals surface area contributed by atoms with Crippen LogP contribution in [0.3, 0.4) is 0 Å².